The van der Waals surface area contributed by atoms with Gasteiger partial charge in [0.25, 0.3) is 0 Å². The molecular formula is C12H24N2O2S. The molecule has 2 aliphatic rings. The van der Waals surface area contributed by atoms with E-state index in [0.29, 0.717) is 30.3 Å². The van der Waals surface area contributed by atoms with Gasteiger partial charge in [0.15, 0.2) is 0 Å². The van der Waals surface area contributed by atoms with Crippen molar-refractivity contribution in [1.29, 1.82) is 0 Å². The second-order valence-electron chi connectivity index (χ2n) is 5.96. The smallest absolute Gasteiger partial charge is 0.214 e. The largest absolute Gasteiger partial charge is 0.312 e. The summed E-state index contributed by atoms with van der Waals surface area (Å²) < 4.78 is 24.9. The van der Waals surface area contributed by atoms with Gasteiger partial charge in [-0.15, -0.1) is 0 Å². The molecule has 1 saturated heterocycles. The second-order valence-corrected chi connectivity index (χ2v) is 8.04. The van der Waals surface area contributed by atoms with E-state index in [-0.39, 0.29) is 0 Å². The van der Waals surface area contributed by atoms with Gasteiger partial charge in [-0.1, -0.05) is 20.3 Å². The lowest BCUT2D eigenvalue weighted by Crippen LogP contribution is -2.42. The topological polar surface area (TPSA) is 49.4 Å². The maximum Gasteiger partial charge on any atom is 0.214 e. The Labute approximate surface area is 105 Å². The Kier molecular flexibility index (Phi) is 3.80. The molecule has 0 radical (unpaired) electrons. The van der Waals surface area contributed by atoms with Crippen LogP contribution in [0.25, 0.3) is 0 Å². The summed E-state index contributed by atoms with van der Waals surface area (Å²) in [7, 11) is -2.92. The molecule has 5 heteroatoms. The van der Waals surface area contributed by atoms with E-state index in [2.05, 4.69) is 19.2 Å². The van der Waals surface area contributed by atoms with Crippen LogP contribution in [0.5, 0.6) is 0 Å². The Balaban J connectivity index is 1.77. The number of nitrogens with zero attached hydrogens (tertiary/aromatic N) is 1. The first-order valence-electron chi connectivity index (χ1n) is 6.63. The van der Waals surface area contributed by atoms with Gasteiger partial charge in [0.2, 0.25) is 10.0 Å². The van der Waals surface area contributed by atoms with Crippen molar-refractivity contribution in [2.75, 3.05) is 25.4 Å². The highest BCUT2D eigenvalue weighted by Gasteiger charge is 2.34. The Bertz CT molecular complexity index is 365. The zero-order valence-electron chi connectivity index (χ0n) is 10.9. The monoisotopic (exact) mass is 260 g/mol. The molecule has 17 heavy (non-hydrogen) atoms. The van der Waals surface area contributed by atoms with Crippen molar-refractivity contribution in [3.8, 4) is 0 Å². The molecule has 1 saturated carbocycles. The summed E-state index contributed by atoms with van der Waals surface area (Å²) in [6.45, 7) is 6.72. The minimum Gasteiger partial charge on any atom is -0.312 e. The highest BCUT2D eigenvalue weighted by atomic mass is 32.2. The third-order valence-electron chi connectivity index (χ3n) is 4.21. The van der Waals surface area contributed by atoms with Gasteiger partial charge in [-0.25, -0.2) is 12.7 Å². The summed E-state index contributed by atoms with van der Waals surface area (Å²) in [4.78, 5) is 0. The molecule has 0 bridgehead atoms. The first kappa shape index (κ1) is 13.3. The number of sulfonamides is 1. The van der Waals surface area contributed by atoms with E-state index in [0.717, 1.165) is 13.0 Å². The van der Waals surface area contributed by atoms with Gasteiger partial charge in [-0.2, -0.15) is 0 Å². The normalized spacial score (nSPS) is 32.0. The van der Waals surface area contributed by atoms with Crippen LogP contribution in [0, 0.1) is 5.41 Å². The maximum absolute atomic E-state index is 11.6. The first-order valence-corrected chi connectivity index (χ1v) is 8.24. The molecule has 0 amide bonds. The van der Waals surface area contributed by atoms with Gasteiger partial charge in [-0.05, 0) is 24.7 Å². The third-order valence-corrected chi connectivity index (χ3v) is 6.17. The van der Waals surface area contributed by atoms with E-state index in [1.54, 1.807) is 4.31 Å². The molecule has 4 nitrogen and oxygen atoms in total. The molecule has 0 unspecified atom stereocenters. The lowest BCUT2D eigenvalue weighted by molar-refractivity contribution is 0.278. The Hall–Kier alpha value is -0.130. The summed E-state index contributed by atoms with van der Waals surface area (Å²) in [6.07, 6.45) is 4.57. The van der Waals surface area contributed by atoms with Crippen LogP contribution in [-0.4, -0.2) is 44.2 Å². The second kappa shape index (κ2) is 4.86. The van der Waals surface area contributed by atoms with E-state index in [1.165, 1.54) is 19.3 Å². The van der Waals surface area contributed by atoms with Gasteiger partial charge < -0.3 is 5.32 Å². The predicted molar refractivity (Wildman–Crippen MR) is 69.4 cm³/mol. The molecule has 1 aliphatic heterocycles. The number of hydrogen-bond donors (Lipinski definition) is 1. The fourth-order valence-electron chi connectivity index (χ4n) is 3.01. The van der Waals surface area contributed by atoms with Crippen molar-refractivity contribution in [2.45, 2.75) is 45.6 Å². The summed E-state index contributed by atoms with van der Waals surface area (Å²) in [5.74, 6) is 0.335. The minimum atomic E-state index is -2.92. The van der Waals surface area contributed by atoms with Crippen LogP contribution in [0.4, 0.5) is 0 Å². The van der Waals surface area contributed by atoms with E-state index in [1.807, 2.05) is 0 Å². The number of hydrogen-bond acceptors (Lipinski definition) is 3. The minimum absolute atomic E-state index is 0.335. The molecule has 100 valence electrons. The third kappa shape index (κ3) is 3.01. The van der Waals surface area contributed by atoms with Crippen LogP contribution in [-0.2, 0) is 10.0 Å². The van der Waals surface area contributed by atoms with Gasteiger partial charge in [0, 0.05) is 25.7 Å². The number of rotatable bonds is 4. The lowest BCUT2D eigenvalue weighted by atomic mass is 9.87. The fraction of sp³-hybridized carbons (Fsp3) is 1.00. The van der Waals surface area contributed by atoms with Crippen molar-refractivity contribution >= 4 is 10.0 Å². The van der Waals surface area contributed by atoms with Crippen LogP contribution in [0.15, 0.2) is 0 Å². The molecule has 1 N–H and O–H groups in total. The molecule has 0 aromatic heterocycles. The number of nitrogens with one attached hydrogen (secondary N) is 1. The molecule has 1 atom stereocenters. The molecule has 1 heterocycles. The maximum atomic E-state index is 11.6. The summed E-state index contributed by atoms with van der Waals surface area (Å²) in [5, 5.41) is 3.53. The highest BCUT2D eigenvalue weighted by Crippen LogP contribution is 2.36. The molecular weight excluding hydrogens is 236 g/mol. The molecule has 2 fully saturated rings. The molecule has 1 aliphatic carbocycles. The van der Waals surface area contributed by atoms with Crippen LogP contribution in [0.1, 0.15) is 39.5 Å². The van der Waals surface area contributed by atoms with Crippen molar-refractivity contribution in [1.82, 2.24) is 9.62 Å². The highest BCUT2D eigenvalue weighted by molar-refractivity contribution is 7.89. The average Bonchev–Trinajstić information content (AvgIpc) is 2.71. The van der Waals surface area contributed by atoms with E-state index in [4.69, 9.17) is 0 Å². The van der Waals surface area contributed by atoms with Gasteiger partial charge in [0.1, 0.15) is 0 Å². The molecule has 0 aromatic rings. The Morgan fingerprint density at radius 3 is 2.65 bits per heavy atom. The standard InChI is InChI=1S/C12H24N2O2S/c1-12(2)6-3-5-11(12)13-7-9-14-8-4-10-17(14,15)16/h11,13H,3-10H2,1-2H3/t11-/m0/s1. The Morgan fingerprint density at radius 2 is 2.12 bits per heavy atom. The fourth-order valence-corrected chi connectivity index (χ4v) is 4.54. The molecule has 0 spiro atoms. The molecule has 2 rings (SSSR count). The van der Waals surface area contributed by atoms with Crippen LogP contribution >= 0.6 is 0 Å². The quantitative estimate of drug-likeness (QED) is 0.826. The van der Waals surface area contributed by atoms with Crippen LogP contribution in [0.3, 0.4) is 0 Å². The van der Waals surface area contributed by atoms with Crippen molar-refractivity contribution < 1.29 is 8.42 Å². The van der Waals surface area contributed by atoms with E-state index >= 15 is 0 Å². The summed E-state index contributed by atoms with van der Waals surface area (Å²) in [5.41, 5.74) is 0.365. The average molecular weight is 260 g/mol. The summed E-state index contributed by atoms with van der Waals surface area (Å²) in [6, 6.07) is 0.549. The zero-order chi connectivity index (χ0) is 12.5. The SMILES string of the molecule is CC1(C)CCC[C@@H]1NCCN1CCCS1(=O)=O. The van der Waals surface area contributed by atoms with Gasteiger partial charge in [0.05, 0.1) is 5.75 Å². The van der Waals surface area contributed by atoms with Crippen LogP contribution in [0.2, 0.25) is 0 Å². The van der Waals surface area contributed by atoms with Crippen molar-refractivity contribution in [3.05, 3.63) is 0 Å². The van der Waals surface area contributed by atoms with Gasteiger partial charge >= 0.3 is 0 Å². The predicted octanol–water partition coefficient (Wildman–Crippen LogP) is 1.19. The van der Waals surface area contributed by atoms with Crippen LogP contribution < -0.4 is 5.32 Å². The Morgan fingerprint density at radius 1 is 1.35 bits per heavy atom. The van der Waals surface area contributed by atoms with Gasteiger partial charge in [-0.3, -0.25) is 0 Å². The first-order chi connectivity index (χ1) is 7.92. The lowest BCUT2D eigenvalue weighted by Gasteiger charge is -2.28. The summed E-state index contributed by atoms with van der Waals surface area (Å²) >= 11 is 0. The van der Waals surface area contributed by atoms with Crippen molar-refractivity contribution in [2.24, 2.45) is 5.41 Å². The van der Waals surface area contributed by atoms with Crippen molar-refractivity contribution in [3.63, 3.8) is 0 Å². The van der Waals surface area contributed by atoms with E-state index in [9.17, 15) is 8.42 Å². The molecule has 0 aromatic carbocycles. The van der Waals surface area contributed by atoms with E-state index < -0.39 is 10.0 Å². The zero-order valence-corrected chi connectivity index (χ0v) is 11.7.